The van der Waals surface area contributed by atoms with Crippen molar-refractivity contribution in [3.8, 4) is 5.75 Å². The van der Waals surface area contributed by atoms with Crippen LogP contribution in [-0.4, -0.2) is 27.3 Å². The zero-order valence-electron chi connectivity index (χ0n) is 9.14. The third-order valence-corrected chi connectivity index (χ3v) is 3.28. The lowest BCUT2D eigenvalue weighted by Crippen LogP contribution is -2.28. The smallest absolute Gasteiger partial charge is 0.214 e. The molecule has 6 heteroatoms. The van der Waals surface area contributed by atoms with Gasteiger partial charge in [-0.3, -0.25) is 0 Å². The summed E-state index contributed by atoms with van der Waals surface area (Å²) >= 11 is 0. The first kappa shape index (κ1) is 12.8. The van der Waals surface area contributed by atoms with Crippen LogP contribution in [0.2, 0.25) is 0 Å². The minimum absolute atomic E-state index is 0.0599. The van der Waals surface area contributed by atoms with Gasteiger partial charge in [0, 0.05) is 18.3 Å². The molecule has 1 rings (SSSR count). The number of benzene rings is 1. The number of sulfonamides is 1. The van der Waals surface area contributed by atoms with Gasteiger partial charge in [-0.25, -0.2) is 13.1 Å². The predicted octanol–water partition coefficient (Wildman–Crippen LogP) is 0.587. The fourth-order valence-corrected chi connectivity index (χ4v) is 2.05. The third kappa shape index (κ3) is 4.50. The molecule has 0 radical (unpaired) electrons. The summed E-state index contributed by atoms with van der Waals surface area (Å²) < 4.78 is 30.2. The minimum Gasteiger partial charge on any atom is -0.492 e. The first-order valence-corrected chi connectivity index (χ1v) is 6.64. The molecule has 0 aliphatic carbocycles. The van der Waals surface area contributed by atoms with Crippen LogP contribution in [0.25, 0.3) is 0 Å². The molecule has 0 aliphatic heterocycles. The lowest BCUT2D eigenvalue weighted by atomic mass is 10.3. The Morgan fingerprint density at radius 2 is 2.19 bits per heavy atom. The molecule has 90 valence electrons. The van der Waals surface area contributed by atoms with Gasteiger partial charge in [0.15, 0.2) is 0 Å². The number of ether oxygens (including phenoxy) is 1. The van der Waals surface area contributed by atoms with Crippen molar-refractivity contribution in [1.29, 1.82) is 0 Å². The van der Waals surface area contributed by atoms with E-state index < -0.39 is 10.0 Å². The fourth-order valence-electron chi connectivity index (χ4n) is 1.17. The number of hydrogen-bond acceptors (Lipinski definition) is 4. The fraction of sp³-hybridized carbons (Fsp3) is 0.400. The first-order chi connectivity index (χ1) is 7.53. The zero-order valence-corrected chi connectivity index (χ0v) is 9.96. The second-order valence-electron chi connectivity index (χ2n) is 3.24. The van der Waals surface area contributed by atoms with Gasteiger partial charge in [0.1, 0.15) is 12.4 Å². The summed E-state index contributed by atoms with van der Waals surface area (Å²) in [4.78, 5) is 0. The van der Waals surface area contributed by atoms with Crippen molar-refractivity contribution in [3.63, 3.8) is 0 Å². The van der Waals surface area contributed by atoms with Gasteiger partial charge < -0.3 is 10.5 Å². The highest BCUT2D eigenvalue weighted by molar-refractivity contribution is 7.89. The van der Waals surface area contributed by atoms with E-state index in [4.69, 9.17) is 10.5 Å². The second kappa shape index (κ2) is 5.72. The van der Waals surface area contributed by atoms with Crippen LogP contribution >= 0.6 is 0 Å². The zero-order chi connectivity index (χ0) is 12.0. The van der Waals surface area contributed by atoms with E-state index in [0.717, 1.165) is 0 Å². The van der Waals surface area contributed by atoms with Gasteiger partial charge in [0.25, 0.3) is 0 Å². The molecule has 0 unspecified atom stereocenters. The number of nitrogens with one attached hydrogen (secondary N) is 1. The molecule has 0 bridgehead atoms. The van der Waals surface area contributed by atoms with Crippen LogP contribution in [0.5, 0.6) is 5.75 Å². The molecule has 0 aliphatic rings. The maximum Gasteiger partial charge on any atom is 0.214 e. The van der Waals surface area contributed by atoms with Crippen LogP contribution < -0.4 is 15.2 Å². The molecule has 0 saturated carbocycles. The summed E-state index contributed by atoms with van der Waals surface area (Å²) in [6.45, 7) is 2.23. The number of anilines is 1. The van der Waals surface area contributed by atoms with Gasteiger partial charge in [-0.2, -0.15) is 0 Å². The van der Waals surface area contributed by atoms with Crippen molar-refractivity contribution in [3.05, 3.63) is 24.3 Å². The van der Waals surface area contributed by atoms with Gasteiger partial charge in [-0.15, -0.1) is 0 Å². The van der Waals surface area contributed by atoms with E-state index in [1.165, 1.54) is 0 Å². The third-order valence-electron chi connectivity index (χ3n) is 1.84. The molecule has 3 N–H and O–H groups in total. The molecule has 1 aromatic rings. The summed E-state index contributed by atoms with van der Waals surface area (Å²) in [6, 6.07) is 6.88. The molecular weight excluding hydrogens is 228 g/mol. The van der Waals surface area contributed by atoms with E-state index in [9.17, 15) is 8.42 Å². The molecule has 1 aromatic carbocycles. The topological polar surface area (TPSA) is 81.4 Å². The van der Waals surface area contributed by atoms with Crippen molar-refractivity contribution < 1.29 is 13.2 Å². The first-order valence-electron chi connectivity index (χ1n) is 4.99. The normalized spacial score (nSPS) is 11.3. The largest absolute Gasteiger partial charge is 0.492 e. The van der Waals surface area contributed by atoms with Gasteiger partial charge in [-0.05, 0) is 12.1 Å². The van der Waals surface area contributed by atoms with Gasteiger partial charge >= 0.3 is 0 Å². The van der Waals surface area contributed by atoms with Gasteiger partial charge in [0.05, 0.1) is 5.75 Å². The van der Waals surface area contributed by atoms with Crippen LogP contribution in [-0.2, 0) is 10.0 Å². The van der Waals surface area contributed by atoms with E-state index >= 15 is 0 Å². The Kier molecular flexibility index (Phi) is 4.57. The predicted molar refractivity (Wildman–Crippen MR) is 63.8 cm³/mol. The van der Waals surface area contributed by atoms with Crippen LogP contribution in [0.4, 0.5) is 5.69 Å². The molecule has 0 aromatic heterocycles. The maximum atomic E-state index is 11.3. The average Bonchev–Trinajstić information content (AvgIpc) is 2.17. The summed E-state index contributed by atoms with van der Waals surface area (Å²) in [7, 11) is -3.22. The Bertz CT molecular complexity index is 431. The van der Waals surface area contributed by atoms with Gasteiger partial charge in [-0.1, -0.05) is 13.0 Å². The van der Waals surface area contributed by atoms with Crippen molar-refractivity contribution in [2.24, 2.45) is 0 Å². The molecule has 0 spiro atoms. The second-order valence-corrected chi connectivity index (χ2v) is 5.16. The standard InChI is InChI=1S/C10H16N2O3S/c1-2-12-16(13,14)7-6-15-10-5-3-4-9(11)8-10/h3-5,8,12H,2,6-7,11H2,1H3. The number of hydrogen-bond donors (Lipinski definition) is 2. The molecule has 0 fully saturated rings. The van der Waals surface area contributed by atoms with E-state index in [-0.39, 0.29) is 12.4 Å². The Morgan fingerprint density at radius 3 is 2.81 bits per heavy atom. The maximum absolute atomic E-state index is 11.3. The van der Waals surface area contributed by atoms with Crippen LogP contribution in [0.1, 0.15) is 6.92 Å². The highest BCUT2D eigenvalue weighted by atomic mass is 32.2. The highest BCUT2D eigenvalue weighted by Crippen LogP contribution is 2.14. The van der Waals surface area contributed by atoms with Crippen molar-refractivity contribution >= 4 is 15.7 Å². The number of nitrogens with two attached hydrogens (primary N) is 1. The molecule has 0 amide bonds. The van der Waals surface area contributed by atoms with E-state index in [1.54, 1.807) is 31.2 Å². The monoisotopic (exact) mass is 244 g/mol. The Morgan fingerprint density at radius 1 is 1.44 bits per heavy atom. The summed E-state index contributed by atoms with van der Waals surface area (Å²) in [5.74, 6) is 0.516. The van der Waals surface area contributed by atoms with Crippen molar-refractivity contribution in [2.45, 2.75) is 6.92 Å². The Hall–Kier alpha value is -1.27. The lowest BCUT2D eigenvalue weighted by Gasteiger charge is -2.07. The van der Waals surface area contributed by atoms with Crippen molar-refractivity contribution in [2.75, 3.05) is 24.6 Å². The lowest BCUT2D eigenvalue weighted by molar-refractivity contribution is 0.340. The molecule has 16 heavy (non-hydrogen) atoms. The average molecular weight is 244 g/mol. The Labute approximate surface area is 95.7 Å². The van der Waals surface area contributed by atoms with E-state index in [1.807, 2.05) is 0 Å². The quantitative estimate of drug-likeness (QED) is 0.717. The number of nitrogen functional groups attached to an aromatic ring is 1. The summed E-state index contributed by atoms with van der Waals surface area (Å²) in [5, 5.41) is 0. The van der Waals surface area contributed by atoms with Gasteiger partial charge in [0.2, 0.25) is 10.0 Å². The summed E-state index contributed by atoms with van der Waals surface area (Å²) in [6.07, 6.45) is 0. The van der Waals surface area contributed by atoms with E-state index in [0.29, 0.717) is 18.0 Å². The highest BCUT2D eigenvalue weighted by Gasteiger charge is 2.08. The molecule has 0 heterocycles. The molecule has 0 atom stereocenters. The molecule has 5 nitrogen and oxygen atoms in total. The molecular formula is C10H16N2O3S. The van der Waals surface area contributed by atoms with Crippen LogP contribution in [0, 0.1) is 0 Å². The van der Waals surface area contributed by atoms with E-state index in [2.05, 4.69) is 4.72 Å². The Balaban J connectivity index is 2.42. The SMILES string of the molecule is CCNS(=O)(=O)CCOc1cccc(N)c1. The minimum atomic E-state index is -3.22. The molecule has 0 saturated heterocycles. The summed E-state index contributed by atoms with van der Waals surface area (Å²) in [5.41, 5.74) is 6.14. The number of rotatable bonds is 6. The van der Waals surface area contributed by atoms with Crippen LogP contribution in [0.15, 0.2) is 24.3 Å². The van der Waals surface area contributed by atoms with Crippen LogP contribution in [0.3, 0.4) is 0 Å². The van der Waals surface area contributed by atoms with Crippen molar-refractivity contribution in [1.82, 2.24) is 4.72 Å².